The summed E-state index contributed by atoms with van der Waals surface area (Å²) < 4.78 is 10.8. The summed E-state index contributed by atoms with van der Waals surface area (Å²) in [4.78, 5) is 26.4. The molecule has 2 saturated heterocycles. The number of carbonyl (C=O) groups is 1. The Labute approximate surface area is 161 Å². The topological polar surface area (TPSA) is 97.5 Å². The average molecular weight is 397 g/mol. The van der Waals surface area contributed by atoms with Crippen molar-refractivity contribution in [3.05, 3.63) is 45.0 Å². The van der Waals surface area contributed by atoms with Crippen molar-refractivity contribution >= 4 is 23.7 Å². The van der Waals surface area contributed by atoms with Gasteiger partial charge in [-0.3, -0.25) is 0 Å². The highest BCUT2D eigenvalue weighted by Gasteiger charge is 2.37. The molecule has 2 unspecified atom stereocenters. The van der Waals surface area contributed by atoms with E-state index in [0.29, 0.717) is 30.3 Å². The van der Waals surface area contributed by atoms with Gasteiger partial charge in [0.15, 0.2) is 5.03 Å². The zero-order valence-electron chi connectivity index (χ0n) is 14.9. The van der Waals surface area contributed by atoms with Crippen molar-refractivity contribution in [2.75, 3.05) is 26.2 Å². The van der Waals surface area contributed by atoms with Crippen LogP contribution in [-0.2, 0) is 16.1 Å². The van der Waals surface area contributed by atoms with Gasteiger partial charge in [0.2, 0.25) is 0 Å². The maximum Gasteiger partial charge on any atom is 0.417 e. The summed E-state index contributed by atoms with van der Waals surface area (Å²) in [6.45, 7) is 3.85. The molecule has 2 heterocycles. The van der Waals surface area contributed by atoms with Crippen LogP contribution >= 0.6 is 11.6 Å². The molecule has 0 radical (unpaired) electrons. The van der Waals surface area contributed by atoms with E-state index >= 15 is 0 Å². The molecule has 146 valence electrons. The number of nitro groups is 1. The Kier molecular flexibility index (Phi) is 6.12. The number of carbonyl (C=O) groups excluding carboxylic acids is 1. The van der Waals surface area contributed by atoms with E-state index in [4.69, 9.17) is 21.1 Å². The van der Waals surface area contributed by atoms with Crippen LogP contribution in [0, 0.1) is 16.0 Å². The molecule has 0 aromatic heterocycles. The summed E-state index contributed by atoms with van der Waals surface area (Å²) in [7, 11) is 0. The highest BCUT2D eigenvalue weighted by molar-refractivity contribution is 6.31. The average Bonchev–Trinajstić information content (AvgIpc) is 3.20. The molecule has 2 aliphatic rings. The van der Waals surface area contributed by atoms with Crippen molar-refractivity contribution < 1.29 is 19.3 Å². The maximum atomic E-state index is 12.5. The highest BCUT2D eigenvalue weighted by atomic mass is 35.5. The summed E-state index contributed by atoms with van der Waals surface area (Å²) in [5, 5.41) is 14.1. The van der Waals surface area contributed by atoms with Crippen LogP contribution in [-0.4, -0.2) is 59.2 Å². The van der Waals surface area contributed by atoms with Crippen LogP contribution in [0.25, 0.3) is 0 Å². The van der Waals surface area contributed by atoms with Crippen molar-refractivity contribution in [2.24, 2.45) is 11.0 Å². The number of hydrogen-bond acceptors (Lipinski definition) is 5. The Hall–Kier alpha value is -2.39. The van der Waals surface area contributed by atoms with Gasteiger partial charge in [-0.25, -0.2) is 19.8 Å². The van der Waals surface area contributed by atoms with Gasteiger partial charge in [-0.15, -0.1) is 0 Å². The minimum Gasteiger partial charge on any atom is -0.444 e. The number of halogens is 1. The van der Waals surface area contributed by atoms with Crippen molar-refractivity contribution in [1.82, 2.24) is 9.80 Å². The fraction of sp³-hybridized carbons (Fsp3) is 0.529. The monoisotopic (exact) mass is 396 g/mol. The molecule has 9 nitrogen and oxygen atoms in total. The van der Waals surface area contributed by atoms with E-state index in [-0.39, 0.29) is 31.1 Å². The molecule has 10 heteroatoms. The first-order valence-corrected chi connectivity index (χ1v) is 9.09. The molecular formula is C17H21ClN4O5. The number of ether oxygens (including phenoxy) is 2. The van der Waals surface area contributed by atoms with Crippen LogP contribution in [0.5, 0.6) is 0 Å². The van der Waals surface area contributed by atoms with E-state index in [1.807, 2.05) is 6.92 Å². The third-order valence-corrected chi connectivity index (χ3v) is 4.95. The molecule has 3 rings (SSSR count). The smallest absolute Gasteiger partial charge is 0.417 e. The number of amides is 1. The third kappa shape index (κ3) is 4.86. The van der Waals surface area contributed by atoms with E-state index < -0.39 is 11.1 Å². The summed E-state index contributed by atoms with van der Waals surface area (Å²) >= 11 is 6.06. The van der Waals surface area contributed by atoms with Gasteiger partial charge < -0.3 is 14.4 Å². The third-order valence-electron chi connectivity index (χ3n) is 4.58. The van der Waals surface area contributed by atoms with Crippen molar-refractivity contribution in [3.63, 3.8) is 0 Å². The second kappa shape index (κ2) is 8.53. The Morgan fingerprint density at radius 1 is 1.44 bits per heavy atom. The Morgan fingerprint density at radius 2 is 2.22 bits per heavy atom. The minimum absolute atomic E-state index is 0.00344. The summed E-state index contributed by atoms with van der Waals surface area (Å²) in [5.41, 5.74) is 0.661. The summed E-state index contributed by atoms with van der Waals surface area (Å²) in [5.74, 6) is 0.250. The number of hydrogen-bond donors (Lipinski definition) is 0. The number of rotatable bonds is 5. The normalized spacial score (nSPS) is 23.9. The molecule has 1 aromatic rings. The molecule has 27 heavy (non-hydrogen) atoms. The molecule has 0 saturated carbocycles. The Balaban J connectivity index is 1.65. The van der Waals surface area contributed by atoms with Crippen molar-refractivity contribution in [1.29, 1.82) is 0 Å². The van der Waals surface area contributed by atoms with E-state index in [1.165, 1.54) is 4.90 Å². The van der Waals surface area contributed by atoms with Crippen LogP contribution in [0.3, 0.4) is 0 Å². The van der Waals surface area contributed by atoms with Crippen molar-refractivity contribution in [2.45, 2.75) is 26.1 Å². The zero-order valence-corrected chi connectivity index (χ0v) is 15.7. The van der Waals surface area contributed by atoms with Gasteiger partial charge in [-0.1, -0.05) is 29.8 Å². The number of nitrogens with zero attached hydrogens (tertiary/aromatic N) is 4. The van der Waals surface area contributed by atoms with Crippen LogP contribution in [0.2, 0.25) is 5.02 Å². The number of benzene rings is 1. The van der Waals surface area contributed by atoms with Crippen LogP contribution in [0.15, 0.2) is 29.4 Å². The first-order chi connectivity index (χ1) is 12.9. The molecular weight excluding hydrogens is 376 g/mol. The molecule has 0 spiro atoms. The first-order valence-electron chi connectivity index (χ1n) is 8.71. The quantitative estimate of drug-likeness (QED) is 0.560. The van der Waals surface area contributed by atoms with Gasteiger partial charge in [0.25, 0.3) is 5.96 Å². The molecule has 1 amide bonds. The number of guanidine groups is 1. The minimum atomic E-state index is -0.796. The van der Waals surface area contributed by atoms with Gasteiger partial charge in [0.1, 0.15) is 11.7 Å². The van der Waals surface area contributed by atoms with Crippen molar-refractivity contribution in [3.8, 4) is 0 Å². The van der Waals surface area contributed by atoms with E-state index in [2.05, 4.69) is 5.10 Å². The lowest BCUT2D eigenvalue weighted by Gasteiger charge is -2.21. The van der Waals surface area contributed by atoms with Gasteiger partial charge >= 0.3 is 6.09 Å². The largest absolute Gasteiger partial charge is 0.444 e. The lowest BCUT2D eigenvalue weighted by molar-refractivity contribution is -0.486. The second-order valence-electron chi connectivity index (χ2n) is 6.63. The predicted molar refractivity (Wildman–Crippen MR) is 97.9 cm³/mol. The molecule has 2 aliphatic heterocycles. The highest BCUT2D eigenvalue weighted by Crippen LogP contribution is 2.23. The van der Waals surface area contributed by atoms with E-state index in [1.54, 1.807) is 29.2 Å². The maximum absolute atomic E-state index is 12.5. The fourth-order valence-electron chi connectivity index (χ4n) is 3.31. The molecule has 0 aliphatic carbocycles. The van der Waals surface area contributed by atoms with Gasteiger partial charge in [0, 0.05) is 29.6 Å². The zero-order chi connectivity index (χ0) is 19.4. The molecule has 0 N–H and O–H groups in total. The van der Waals surface area contributed by atoms with E-state index in [0.717, 1.165) is 6.42 Å². The Bertz CT molecular complexity index is 744. The standard InChI is InChI=1S/C17H21ClN4O5/c1-12-8-13(10-26-12)9-20-6-7-21(16(20)19-22(24)25)17(23)27-11-14-4-2-3-5-15(14)18/h2-5,12-13H,6-11H2,1H3. The summed E-state index contributed by atoms with van der Waals surface area (Å²) in [6.07, 6.45) is 0.360. The van der Waals surface area contributed by atoms with Gasteiger partial charge in [-0.05, 0) is 19.4 Å². The molecule has 1 aromatic carbocycles. The van der Waals surface area contributed by atoms with Gasteiger partial charge in [-0.2, -0.15) is 0 Å². The molecule has 0 bridgehead atoms. The second-order valence-corrected chi connectivity index (χ2v) is 7.03. The lowest BCUT2D eigenvalue weighted by atomic mass is 10.1. The Morgan fingerprint density at radius 3 is 2.89 bits per heavy atom. The predicted octanol–water partition coefficient (Wildman–Crippen LogP) is 2.57. The first kappa shape index (κ1) is 19.4. The summed E-state index contributed by atoms with van der Waals surface area (Å²) in [6, 6.07) is 7.02. The molecule has 2 fully saturated rings. The van der Waals surface area contributed by atoms with Crippen LogP contribution < -0.4 is 0 Å². The molecule has 2 atom stereocenters. The number of hydrazone groups is 1. The lowest BCUT2D eigenvalue weighted by Crippen LogP contribution is -2.40. The van der Waals surface area contributed by atoms with Crippen LogP contribution in [0.4, 0.5) is 4.79 Å². The van der Waals surface area contributed by atoms with E-state index in [9.17, 15) is 14.9 Å². The van der Waals surface area contributed by atoms with Gasteiger partial charge in [0.05, 0.1) is 19.3 Å². The van der Waals surface area contributed by atoms with Crippen LogP contribution in [0.1, 0.15) is 18.9 Å². The SMILES string of the molecule is CC1CC(CN2CCN(C(=O)OCc3ccccc3Cl)C2=N[N+](=O)[O-])CO1. The fourth-order valence-corrected chi connectivity index (χ4v) is 3.50.